The van der Waals surface area contributed by atoms with Gasteiger partial charge in [0.15, 0.2) is 0 Å². The summed E-state index contributed by atoms with van der Waals surface area (Å²) in [5.41, 5.74) is 0.842. The number of fused-ring (bicyclic) bond motifs is 1. The minimum atomic E-state index is -4.73. The lowest BCUT2D eigenvalue weighted by atomic mass is 9.96. The van der Waals surface area contributed by atoms with Crippen LogP contribution in [0.15, 0.2) is 42.6 Å². The molecule has 1 aromatic heterocycles. The van der Waals surface area contributed by atoms with Gasteiger partial charge in [-0.1, -0.05) is 17.6 Å². The summed E-state index contributed by atoms with van der Waals surface area (Å²) in [6, 6.07) is 8.03. The van der Waals surface area contributed by atoms with Crippen LogP contribution in [0.4, 0.5) is 23.4 Å². The van der Waals surface area contributed by atoms with Crippen LogP contribution in [-0.4, -0.2) is 24.9 Å². The molecule has 0 amide bonds. The Hall–Kier alpha value is -2.64. The number of hydrogen-bond donors (Lipinski definition) is 0. The number of benzene rings is 2. The fourth-order valence-corrected chi connectivity index (χ4v) is 2.44. The molecule has 2 radical (unpaired) electrons. The first kappa shape index (κ1) is 17.2. The molecule has 8 heteroatoms. The largest absolute Gasteiger partial charge is 0.419 e. The van der Waals surface area contributed by atoms with Gasteiger partial charge in [-0.25, -0.2) is 9.37 Å². The molecule has 126 valence electrons. The van der Waals surface area contributed by atoms with Crippen LogP contribution in [0.1, 0.15) is 11.1 Å². The van der Waals surface area contributed by atoms with Crippen molar-refractivity contribution in [3.63, 3.8) is 0 Å². The van der Waals surface area contributed by atoms with Crippen LogP contribution in [0.5, 0.6) is 0 Å². The molecule has 1 heterocycles. The Morgan fingerprint density at radius 2 is 1.84 bits per heavy atom. The van der Waals surface area contributed by atoms with Crippen LogP contribution in [-0.2, 0) is 12.7 Å². The van der Waals surface area contributed by atoms with Crippen LogP contribution in [0.2, 0.25) is 0 Å². The Balaban J connectivity index is 1.87. The number of rotatable bonds is 3. The highest BCUT2D eigenvalue weighted by Gasteiger charge is 2.34. The molecule has 3 rings (SSSR count). The zero-order valence-electron chi connectivity index (χ0n) is 13.2. The molecule has 0 atom stereocenters. The molecule has 0 unspecified atom stereocenters. The Bertz CT molecular complexity index is 927. The number of alkyl halides is 3. The molecule has 3 nitrogen and oxygen atoms in total. The highest BCUT2D eigenvalue weighted by molar-refractivity contribution is 6.33. The summed E-state index contributed by atoms with van der Waals surface area (Å²) in [4.78, 5) is 10.3. The van der Waals surface area contributed by atoms with E-state index >= 15 is 0 Å². The van der Waals surface area contributed by atoms with Gasteiger partial charge < -0.3 is 4.90 Å². The van der Waals surface area contributed by atoms with E-state index in [1.54, 1.807) is 30.1 Å². The molecule has 0 N–H and O–H groups in total. The quantitative estimate of drug-likeness (QED) is 0.539. The highest BCUT2D eigenvalue weighted by Crippen LogP contribution is 2.32. The molecular weight excluding hydrogens is 333 g/mol. The first-order chi connectivity index (χ1) is 11.7. The third kappa shape index (κ3) is 3.73. The summed E-state index contributed by atoms with van der Waals surface area (Å²) in [5, 5.41) is 0. The summed E-state index contributed by atoms with van der Waals surface area (Å²) < 4.78 is 51.8. The minimum absolute atomic E-state index is 0.124. The van der Waals surface area contributed by atoms with Crippen molar-refractivity contribution in [2.75, 3.05) is 11.9 Å². The van der Waals surface area contributed by atoms with Gasteiger partial charge in [0.25, 0.3) is 0 Å². The lowest BCUT2D eigenvalue weighted by Crippen LogP contribution is -2.19. The molecule has 0 aliphatic carbocycles. The molecule has 0 spiro atoms. The number of hydrogen-bond acceptors (Lipinski definition) is 3. The van der Waals surface area contributed by atoms with E-state index in [0.717, 1.165) is 12.1 Å². The van der Waals surface area contributed by atoms with Crippen molar-refractivity contribution >= 4 is 30.2 Å². The molecule has 3 aromatic rings. The summed E-state index contributed by atoms with van der Waals surface area (Å²) in [6.07, 6.45) is -3.22. The summed E-state index contributed by atoms with van der Waals surface area (Å²) >= 11 is 0. The van der Waals surface area contributed by atoms with Gasteiger partial charge in [-0.05, 0) is 29.8 Å². The Kier molecular flexibility index (Phi) is 4.37. The second-order valence-corrected chi connectivity index (χ2v) is 5.64. The molecule has 0 fully saturated rings. The van der Waals surface area contributed by atoms with E-state index in [-0.39, 0.29) is 6.54 Å². The topological polar surface area (TPSA) is 29.0 Å². The van der Waals surface area contributed by atoms with Crippen LogP contribution in [0.3, 0.4) is 0 Å². The van der Waals surface area contributed by atoms with Crippen LogP contribution in [0, 0.1) is 5.82 Å². The van der Waals surface area contributed by atoms with E-state index in [2.05, 4.69) is 9.97 Å². The normalized spacial score (nSPS) is 11.7. The molecular formula is C17H12BF4N3. The van der Waals surface area contributed by atoms with Gasteiger partial charge in [0.2, 0.25) is 0 Å². The Morgan fingerprint density at radius 1 is 1.08 bits per heavy atom. The van der Waals surface area contributed by atoms with Crippen molar-refractivity contribution in [1.82, 2.24) is 9.97 Å². The van der Waals surface area contributed by atoms with E-state index in [1.807, 2.05) is 0 Å². The zero-order valence-corrected chi connectivity index (χ0v) is 13.2. The number of nitrogens with zero attached hydrogens (tertiary/aromatic N) is 3. The Labute approximate surface area is 142 Å². The predicted molar refractivity (Wildman–Crippen MR) is 88.4 cm³/mol. The predicted octanol–water partition coefficient (Wildman–Crippen LogP) is 3.22. The van der Waals surface area contributed by atoms with Gasteiger partial charge in [0.1, 0.15) is 19.5 Å². The van der Waals surface area contributed by atoms with Crippen LogP contribution < -0.4 is 10.4 Å². The smallest absolute Gasteiger partial charge is 0.354 e. The van der Waals surface area contributed by atoms with Crippen molar-refractivity contribution < 1.29 is 17.6 Å². The molecule has 0 bridgehead atoms. The fraction of sp³-hybridized carbons (Fsp3) is 0.176. The summed E-state index contributed by atoms with van der Waals surface area (Å²) in [6.45, 7) is 0.124. The van der Waals surface area contributed by atoms with Crippen LogP contribution >= 0.6 is 0 Å². The van der Waals surface area contributed by atoms with Crippen LogP contribution in [0.25, 0.3) is 11.0 Å². The third-order valence-electron chi connectivity index (χ3n) is 3.70. The maximum absolute atomic E-state index is 13.4. The van der Waals surface area contributed by atoms with E-state index in [0.29, 0.717) is 27.9 Å². The highest BCUT2D eigenvalue weighted by atomic mass is 19.4. The first-order valence-corrected chi connectivity index (χ1v) is 7.33. The Morgan fingerprint density at radius 3 is 2.56 bits per heavy atom. The number of halogens is 4. The second-order valence-electron chi connectivity index (χ2n) is 5.64. The molecule has 0 aliphatic rings. The standard InChI is InChI=1S/C17H12BF4N3/c1-25(9-10-2-4-13(19)12(6-10)17(20,21)22)16-8-23-15-7-11(18)3-5-14(15)24-16/h2-8H,9H2,1H3. The van der Waals surface area contributed by atoms with E-state index in [9.17, 15) is 17.6 Å². The van der Waals surface area contributed by atoms with Gasteiger partial charge in [-0.15, -0.1) is 0 Å². The summed E-state index contributed by atoms with van der Waals surface area (Å²) in [7, 11) is 7.36. The number of anilines is 1. The maximum atomic E-state index is 13.4. The zero-order chi connectivity index (χ0) is 18.2. The third-order valence-corrected chi connectivity index (χ3v) is 3.70. The molecule has 0 saturated heterocycles. The average molecular weight is 345 g/mol. The monoisotopic (exact) mass is 345 g/mol. The molecule has 0 aliphatic heterocycles. The molecule has 2 aromatic carbocycles. The van der Waals surface area contributed by atoms with Crippen molar-refractivity contribution in [2.45, 2.75) is 12.7 Å². The molecule has 0 saturated carbocycles. The second kappa shape index (κ2) is 6.35. The van der Waals surface area contributed by atoms with Gasteiger partial charge in [-0.3, -0.25) is 4.98 Å². The SMILES string of the molecule is [B]c1ccc2nc(N(C)Cc3ccc(F)c(C(F)(F)F)c3)cnc2c1. The molecule has 25 heavy (non-hydrogen) atoms. The summed E-state index contributed by atoms with van der Waals surface area (Å²) in [5.74, 6) is -0.808. The van der Waals surface area contributed by atoms with Crippen molar-refractivity contribution in [2.24, 2.45) is 0 Å². The van der Waals surface area contributed by atoms with Gasteiger partial charge in [0, 0.05) is 13.6 Å². The average Bonchev–Trinajstić information content (AvgIpc) is 2.55. The van der Waals surface area contributed by atoms with Crippen molar-refractivity contribution in [3.05, 3.63) is 59.5 Å². The first-order valence-electron chi connectivity index (χ1n) is 7.33. The lowest BCUT2D eigenvalue weighted by Gasteiger charge is -2.19. The minimum Gasteiger partial charge on any atom is -0.354 e. The fourth-order valence-electron chi connectivity index (χ4n) is 2.44. The van der Waals surface area contributed by atoms with E-state index in [4.69, 9.17) is 7.85 Å². The van der Waals surface area contributed by atoms with E-state index in [1.165, 1.54) is 12.3 Å². The van der Waals surface area contributed by atoms with Crippen molar-refractivity contribution in [1.29, 1.82) is 0 Å². The lowest BCUT2D eigenvalue weighted by molar-refractivity contribution is -0.140. The van der Waals surface area contributed by atoms with Gasteiger partial charge in [0.05, 0.1) is 22.8 Å². The van der Waals surface area contributed by atoms with Gasteiger partial charge >= 0.3 is 6.18 Å². The number of aromatic nitrogens is 2. The van der Waals surface area contributed by atoms with Crippen molar-refractivity contribution in [3.8, 4) is 0 Å². The van der Waals surface area contributed by atoms with E-state index < -0.39 is 17.6 Å². The maximum Gasteiger partial charge on any atom is 0.419 e. The van der Waals surface area contributed by atoms with Gasteiger partial charge in [-0.2, -0.15) is 13.2 Å².